The summed E-state index contributed by atoms with van der Waals surface area (Å²) in [4.78, 5) is 13.0. The van der Waals surface area contributed by atoms with E-state index in [1.54, 1.807) is 0 Å². The summed E-state index contributed by atoms with van der Waals surface area (Å²) >= 11 is 0. The molecule has 0 spiro atoms. The number of nitrogens with zero attached hydrogens (tertiary/aromatic N) is 2. The van der Waals surface area contributed by atoms with E-state index >= 15 is 0 Å². The summed E-state index contributed by atoms with van der Waals surface area (Å²) in [5, 5.41) is 87.9. The maximum Gasteiger partial charge on any atom is 0.442 e. The summed E-state index contributed by atoms with van der Waals surface area (Å²) in [7, 11) is 0. The molecule has 3 heterocycles. The third kappa shape index (κ3) is 6.97. The number of benzene rings is 1. The van der Waals surface area contributed by atoms with Gasteiger partial charge >= 0.3 is 11.8 Å². The van der Waals surface area contributed by atoms with Crippen molar-refractivity contribution in [1.29, 1.82) is 0 Å². The van der Waals surface area contributed by atoms with Gasteiger partial charge in [-0.25, -0.2) is 0 Å². The zero-order valence-electron chi connectivity index (χ0n) is 22.1. The molecule has 2 saturated heterocycles. The van der Waals surface area contributed by atoms with E-state index in [9.17, 15) is 58.8 Å². The van der Waals surface area contributed by atoms with Crippen LogP contribution in [0, 0.1) is 0 Å². The van der Waals surface area contributed by atoms with E-state index in [1.807, 2.05) is 0 Å². The first-order valence-corrected chi connectivity index (χ1v) is 13.0. The van der Waals surface area contributed by atoms with Crippen molar-refractivity contribution in [3.63, 3.8) is 0 Å². The third-order valence-electron chi connectivity index (χ3n) is 7.24. The largest absolute Gasteiger partial charge is 0.442 e. The molecule has 1 amide bonds. The van der Waals surface area contributed by atoms with Crippen molar-refractivity contribution in [2.75, 3.05) is 26.4 Å². The molecule has 11 atom stereocenters. The number of nitrogens with one attached hydrogen (secondary N) is 1. The van der Waals surface area contributed by atoms with Gasteiger partial charge in [0.05, 0.1) is 32.5 Å². The Morgan fingerprint density at radius 1 is 0.837 bits per heavy atom. The number of ether oxygens (including phenoxy) is 4. The lowest BCUT2D eigenvalue weighted by molar-refractivity contribution is -0.299. The van der Waals surface area contributed by atoms with Crippen molar-refractivity contribution in [3.8, 4) is 0 Å². The molecule has 1 unspecified atom stereocenters. The predicted molar refractivity (Wildman–Crippen MR) is 130 cm³/mol. The van der Waals surface area contributed by atoms with Crippen LogP contribution in [-0.2, 0) is 24.6 Å². The first-order valence-electron chi connectivity index (χ1n) is 13.0. The van der Waals surface area contributed by atoms with Crippen LogP contribution in [0.4, 0.5) is 13.2 Å². The van der Waals surface area contributed by atoms with Gasteiger partial charge < -0.3 is 65.1 Å². The van der Waals surface area contributed by atoms with Gasteiger partial charge in [0.25, 0.3) is 5.91 Å². The van der Waals surface area contributed by atoms with Crippen LogP contribution >= 0.6 is 0 Å². The number of amides is 1. The summed E-state index contributed by atoms with van der Waals surface area (Å²) in [5.41, 5.74) is -3.11. The molecule has 19 heteroatoms. The number of halogens is 3. The fourth-order valence-corrected chi connectivity index (χ4v) is 4.70. The summed E-state index contributed by atoms with van der Waals surface area (Å²) in [6.07, 6.45) is -21.0. The van der Waals surface area contributed by atoms with Crippen LogP contribution in [0.5, 0.6) is 0 Å². The molecule has 16 nitrogen and oxygen atoms in total. The minimum absolute atomic E-state index is 0.104. The standard InChI is InChI=1S/C24H32F3N3O13/c25-24(26,27)23(29-30-23)10-3-1-9(2-4-10)20(37)28-11(7-40-18-12(5-31)42-21(38)16(35)14(18)33)8-41-19-13(6-32)43-22(39)17(36)15(19)34/h1-4,11-19,21-22,31-36,38-39H,5-8H2,(H,28,37)/t11?,12-,13-,14+,15+,16-,17-,18-,19-,21-,22+/m1/s1. The molecule has 3 aliphatic rings. The van der Waals surface area contributed by atoms with Crippen LogP contribution in [0.3, 0.4) is 0 Å². The van der Waals surface area contributed by atoms with E-state index < -0.39 is 112 Å². The second-order valence-electron chi connectivity index (χ2n) is 10.2. The van der Waals surface area contributed by atoms with Crippen LogP contribution in [0.15, 0.2) is 34.5 Å². The molecule has 3 aliphatic heterocycles. The Morgan fingerprint density at radius 3 is 1.65 bits per heavy atom. The van der Waals surface area contributed by atoms with E-state index in [2.05, 4.69) is 15.5 Å². The third-order valence-corrected chi connectivity index (χ3v) is 7.24. The highest BCUT2D eigenvalue weighted by Gasteiger charge is 2.65. The highest BCUT2D eigenvalue weighted by atomic mass is 19.4. The molecule has 4 rings (SSSR count). The lowest BCUT2D eigenvalue weighted by Gasteiger charge is -2.41. The van der Waals surface area contributed by atoms with Gasteiger partial charge in [-0.3, -0.25) is 4.79 Å². The lowest BCUT2D eigenvalue weighted by atomic mass is 9.99. The number of aliphatic hydroxyl groups is 8. The summed E-state index contributed by atoms with van der Waals surface area (Å²) in [6, 6.07) is 3.04. The van der Waals surface area contributed by atoms with Crippen LogP contribution in [-0.4, -0.2) is 147 Å². The normalized spacial score (nSPS) is 36.3. The Bertz CT molecular complexity index is 1080. The quantitative estimate of drug-likeness (QED) is 0.116. The molecule has 2 fully saturated rings. The molecule has 0 bridgehead atoms. The zero-order chi connectivity index (χ0) is 31.7. The highest BCUT2D eigenvalue weighted by molar-refractivity contribution is 5.94. The van der Waals surface area contributed by atoms with Crippen LogP contribution in [0.1, 0.15) is 15.9 Å². The van der Waals surface area contributed by atoms with Crippen LogP contribution < -0.4 is 5.32 Å². The monoisotopic (exact) mass is 627 g/mol. The molecule has 9 N–H and O–H groups in total. The van der Waals surface area contributed by atoms with Crippen molar-refractivity contribution in [3.05, 3.63) is 35.4 Å². The van der Waals surface area contributed by atoms with Crippen molar-refractivity contribution in [1.82, 2.24) is 5.32 Å². The zero-order valence-corrected chi connectivity index (χ0v) is 22.1. The molecule has 242 valence electrons. The van der Waals surface area contributed by atoms with Gasteiger partial charge in [0.2, 0.25) is 0 Å². The molecular weight excluding hydrogens is 595 g/mol. The second kappa shape index (κ2) is 13.3. The maximum atomic E-state index is 13.3. The van der Waals surface area contributed by atoms with E-state index in [4.69, 9.17) is 18.9 Å². The molecule has 0 radical (unpaired) electrons. The lowest BCUT2D eigenvalue weighted by Crippen LogP contribution is -2.61. The molecule has 43 heavy (non-hydrogen) atoms. The number of hydrogen-bond acceptors (Lipinski definition) is 15. The number of carbonyl (C=O) groups is 1. The molecule has 0 aromatic heterocycles. The fourth-order valence-electron chi connectivity index (χ4n) is 4.70. The van der Waals surface area contributed by atoms with Crippen LogP contribution in [0.25, 0.3) is 0 Å². The first-order chi connectivity index (χ1) is 20.2. The number of rotatable bonds is 11. The SMILES string of the molecule is O=C(NC(CO[C@H]1[C@@H](O)[C@@H](O)[C@H](O)O[C@@H]1CO)CO[C@H]1[C@@H](O)[C@@H](O)[C@@H](O)O[C@@H]1CO)c1ccc(C2(C(F)(F)F)N=N2)cc1. The van der Waals surface area contributed by atoms with Gasteiger partial charge in [-0.1, -0.05) is 12.1 Å². The van der Waals surface area contributed by atoms with Crippen molar-refractivity contribution in [2.45, 2.75) is 79.3 Å². The van der Waals surface area contributed by atoms with E-state index in [0.717, 1.165) is 24.3 Å². The summed E-state index contributed by atoms with van der Waals surface area (Å²) in [5.74, 6) is -0.835. The predicted octanol–water partition coefficient (Wildman–Crippen LogP) is -3.40. The number of hydrogen-bond donors (Lipinski definition) is 9. The van der Waals surface area contributed by atoms with Crippen molar-refractivity contribution >= 4 is 5.91 Å². The Labute approximate surface area is 240 Å². The van der Waals surface area contributed by atoms with E-state index in [1.165, 1.54) is 0 Å². The Balaban J connectivity index is 1.48. The highest BCUT2D eigenvalue weighted by Crippen LogP contribution is 2.52. The summed E-state index contributed by atoms with van der Waals surface area (Å²) < 4.78 is 61.2. The smallest absolute Gasteiger partial charge is 0.394 e. The first kappa shape index (κ1) is 33.5. The molecule has 0 saturated carbocycles. The minimum Gasteiger partial charge on any atom is -0.394 e. The topological polar surface area (TPSA) is 253 Å². The van der Waals surface area contributed by atoms with E-state index in [0.29, 0.717) is 0 Å². The van der Waals surface area contributed by atoms with Gasteiger partial charge in [0, 0.05) is 11.1 Å². The van der Waals surface area contributed by atoms with Crippen molar-refractivity contribution in [2.24, 2.45) is 10.2 Å². The molecular formula is C24H32F3N3O13. The van der Waals surface area contributed by atoms with Gasteiger partial charge in [0.15, 0.2) is 12.6 Å². The number of aliphatic hydroxyl groups excluding tert-OH is 8. The Hall–Kier alpha value is -2.40. The van der Waals surface area contributed by atoms with Crippen LogP contribution in [0.2, 0.25) is 0 Å². The second-order valence-corrected chi connectivity index (χ2v) is 10.2. The maximum absolute atomic E-state index is 13.3. The van der Waals surface area contributed by atoms with Gasteiger partial charge in [-0.15, -0.1) is 10.2 Å². The molecule has 0 aliphatic carbocycles. The minimum atomic E-state index is -4.77. The summed E-state index contributed by atoms with van der Waals surface area (Å²) in [6.45, 7) is -2.54. The van der Waals surface area contributed by atoms with Crippen molar-refractivity contribution < 1.29 is 77.8 Å². The molecule has 1 aromatic rings. The van der Waals surface area contributed by atoms with Gasteiger partial charge in [-0.05, 0) is 12.1 Å². The number of alkyl halides is 3. The fraction of sp³-hybridized carbons (Fsp3) is 0.708. The number of carbonyl (C=O) groups excluding carboxylic acids is 1. The Morgan fingerprint density at radius 2 is 1.28 bits per heavy atom. The van der Waals surface area contributed by atoms with Gasteiger partial charge in [0.1, 0.15) is 48.8 Å². The molecule has 1 aromatic carbocycles. The average Bonchev–Trinajstić information content (AvgIpc) is 3.80. The van der Waals surface area contributed by atoms with Gasteiger partial charge in [-0.2, -0.15) is 13.2 Å². The average molecular weight is 628 g/mol. The Kier molecular flexibility index (Phi) is 10.4. The van der Waals surface area contributed by atoms with E-state index in [-0.39, 0.29) is 11.1 Å².